The number of halogens is 3. The largest absolute Gasteiger partial charge is 0.481 e. The summed E-state index contributed by atoms with van der Waals surface area (Å²) in [5.74, 6) is -1.69. The molecule has 2 aromatic heterocycles. The van der Waals surface area contributed by atoms with E-state index in [9.17, 15) is 22.8 Å². The summed E-state index contributed by atoms with van der Waals surface area (Å²) in [6.45, 7) is -0.592. The van der Waals surface area contributed by atoms with Crippen LogP contribution in [0.2, 0.25) is 0 Å². The molecule has 0 aliphatic carbocycles. The molecule has 0 bridgehead atoms. The van der Waals surface area contributed by atoms with Crippen molar-refractivity contribution in [2.24, 2.45) is 5.73 Å². The van der Waals surface area contributed by atoms with Crippen LogP contribution in [-0.2, 0) is 24.1 Å². The quantitative estimate of drug-likeness (QED) is 0.202. The van der Waals surface area contributed by atoms with Gasteiger partial charge in [-0.15, -0.1) is 0 Å². The standard InChI is InChI=1S/C32H26F3N3O5/c33-32(34,35)26-18-37-30(29-28(24(39)16-17-41-29)42-20-21-10-4-1-5-11-21)38(26)19-25(43-31(36)40)27(22-12-6-2-7-13-22)23-14-8-3-9-15-23/h1-18,25,27H,19-20H2,(H2,36,40). The number of imidazole rings is 1. The fraction of sp³-hybridized carbons (Fsp3) is 0.156. The molecule has 1 unspecified atom stereocenters. The molecule has 220 valence electrons. The Morgan fingerprint density at radius 1 is 0.907 bits per heavy atom. The fourth-order valence-corrected chi connectivity index (χ4v) is 4.88. The van der Waals surface area contributed by atoms with Crippen molar-refractivity contribution >= 4 is 6.09 Å². The molecule has 11 heteroatoms. The Hall–Kier alpha value is -5.32. The number of benzene rings is 3. The Morgan fingerprint density at radius 3 is 2.05 bits per heavy atom. The molecule has 5 rings (SSSR count). The van der Waals surface area contributed by atoms with Gasteiger partial charge in [0, 0.05) is 12.0 Å². The summed E-state index contributed by atoms with van der Waals surface area (Å²) < 4.78 is 60.8. The molecule has 43 heavy (non-hydrogen) atoms. The number of nitrogens with two attached hydrogens (primary N) is 1. The Morgan fingerprint density at radius 2 is 1.49 bits per heavy atom. The van der Waals surface area contributed by atoms with Gasteiger partial charge in [0.25, 0.3) is 0 Å². The van der Waals surface area contributed by atoms with Gasteiger partial charge in [-0.2, -0.15) is 13.2 Å². The number of carbonyl (C=O) groups excluding carboxylic acids is 1. The van der Waals surface area contributed by atoms with Crippen LogP contribution in [0.15, 0.2) is 119 Å². The molecule has 0 aliphatic rings. The normalized spacial score (nSPS) is 12.2. The van der Waals surface area contributed by atoms with Crippen molar-refractivity contribution in [1.29, 1.82) is 0 Å². The number of hydrogen-bond donors (Lipinski definition) is 1. The van der Waals surface area contributed by atoms with Gasteiger partial charge in [-0.25, -0.2) is 9.78 Å². The van der Waals surface area contributed by atoms with Gasteiger partial charge in [-0.1, -0.05) is 91.0 Å². The Kier molecular flexibility index (Phi) is 8.61. The van der Waals surface area contributed by atoms with E-state index in [-0.39, 0.29) is 23.9 Å². The first-order chi connectivity index (χ1) is 20.7. The first-order valence-corrected chi connectivity index (χ1v) is 13.2. The summed E-state index contributed by atoms with van der Waals surface area (Å²) >= 11 is 0. The number of alkyl halides is 3. The van der Waals surface area contributed by atoms with Crippen LogP contribution in [0.1, 0.15) is 28.3 Å². The van der Waals surface area contributed by atoms with E-state index in [0.29, 0.717) is 17.3 Å². The Labute approximate surface area is 244 Å². The maximum Gasteiger partial charge on any atom is 0.433 e. The molecule has 1 amide bonds. The van der Waals surface area contributed by atoms with Crippen LogP contribution in [0.4, 0.5) is 18.0 Å². The zero-order valence-corrected chi connectivity index (χ0v) is 22.6. The van der Waals surface area contributed by atoms with Gasteiger partial charge in [-0.05, 0) is 16.7 Å². The van der Waals surface area contributed by atoms with Crippen LogP contribution >= 0.6 is 0 Å². The minimum absolute atomic E-state index is 0.0487. The second-order valence-corrected chi connectivity index (χ2v) is 9.57. The minimum atomic E-state index is -4.86. The third-order valence-electron chi connectivity index (χ3n) is 6.73. The molecule has 3 aromatic carbocycles. The number of primary amides is 1. The maximum absolute atomic E-state index is 14.4. The Bertz CT molecular complexity index is 1680. The average Bonchev–Trinajstić information content (AvgIpc) is 3.42. The van der Waals surface area contributed by atoms with Gasteiger partial charge in [0.05, 0.1) is 19.0 Å². The SMILES string of the molecule is NC(=O)OC(Cn1c(C(F)(F)F)cnc1-c1occc(=O)c1OCc1ccccc1)C(c1ccccc1)c1ccccc1. The lowest BCUT2D eigenvalue weighted by molar-refractivity contribution is -0.144. The first kappa shape index (κ1) is 29.2. The van der Waals surface area contributed by atoms with E-state index >= 15 is 0 Å². The van der Waals surface area contributed by atoms with Crippen molar-refractivity contribution in [1.82, 2.24) is 9.55 Å². The summed E-state index contributed by atoms with van der Waals surface area (Å²) in [7, 11) is 0. The number of rotatable bonds is 10. The van der Waals surface area contributed by atoms with Gasteiger partial charge in [0.15, 0.2) is 5.82 Å². The highest BCUT2D eigenvalue weighted by Crippen LogP contribution is 2.37. The molecule has 0 spiro atoms. The average molecular weight is 590 g/mol. The van der Waals surface area contributed by atoms with Gasteiger partial charge in [-0.3, -0.25) is 4.79 Å². The lowest BCUT2D eigenvalue weighted by atomic mass is 9.86. The molecular formula is C32H26F3N3O5. The van der Waals surface area contributed by atoms with Crippen molar-refractivity contribution in [3.8, 4) is 17.3 Å². The van der Waals surface area contributed by atoms with Crippen LogP contribution < -0.4 is 15.9 Å². The van der Waals surface area contributed by atoms with Crippen LogP contribution in [-0.4, -0.2) is 21.7 Å². The van der Waals surface area contributed by atoms with Crippen molar-refractivity contribution in [2.45, 2.75) is 31.3 Å². The number of aromatic nitrogens is 2. The predicted molar refractivity (Wildman–Crippen MR) is 151 cm³/mol. The summed E-state index contributed by atoms with van der Waals surface area (Å²) in [5.41, 5.74) is 5.74. The zero-order chi connectivity index (χ0) is 30.4. The number of carbonyl (C=O) groups is 1. The van der Waals surface area contributed by atoms with E-state index in [1.54, 1.807) is 84.9 Å². The summed E-state index contributed by atoms with van der Waals surface area (Å²) in [4.78, 5) is 29.0. The first-order valence-electron chi connectivity index (χ1n) is 13.2. The van der Waals surface area contributed by atoms with Crippen LogP contribution in [0.25, 0.3) is 11.6 Å². The van der Waals surface area contributed by atoms with Crippen LogP contribution in [0.3, 0.4) is 0 Å². The number of hydrogen-bond acceptors (Lipinski definition) is 6. The van der Waals surface area contributed by atoms with Crippen molar-refractivity contribution < 1.29 is 31.9 Å². The van der Waals surface area contributed by atoms with E-state index in [0.717, 1.165) is 22.5 Å². The third-order valence-corrected chi connectivity index (χ3v) is 6.73. The van der Waals surface area contributed by atoms with Crippen molar-refractivity contribution in [3.05, 3.63) is 142 Å². The van der Waals surface area contributed by atoms with Crippen molar-refractivity contribution in [2.75, 3.05) is 0 Å². The number of amides is 1. The molecular weight excluding hydrogens is 563 g/mol. The molecule has 0 saturated heterocycles. The van der Waals surface area contributed by atoms with E-state index in [2.05, 4.69) is 4.98 Å². The van der Waals surface area contributed by atoms with Crippen molar-refractivity contribution in [3.63, 3.8) is 0 Å². The lowest BCUT2D eigenvalue weighted by Crippen LogP contribution is -2.34. The molecule has 1 atom stereocenters. The maximum atomic E-state index is 14.4. The smallest absolute Gasteiger partial charge is 0.433 e. The van der Waals surface area contributed by atoms with E-state index in [1.165, 1.54) is 0 Å². The molecule has 2 heterocycles. The number of ether oxygens (including phenoxy) is 2. The molecule has 2 N–H and O–H groups in total. The second-order valence-electron chi connectivity index (χ2n) is 9.57. The third kappa shape index (κ3) is 6.78. The lowest BCUT2D eigenvalue weighted by Gasteiger charge is -2.29. The summed E-state index contributed by atoms with van der Waals surface area (Å²) in [6, 6.07) is 27.8. The highest BCUT2D eigenvalue weighted by Gasteiger charge is 2.39. The molecule has 0 aliphatic heterocycles. The van der Waals surface area contributed by atoms with Gasteiger partial charge < -0.3 is 24.2 Å². The second kappa shape index (κ2) is 12.7. The van der Waals surface area contributed by atoms with E-state index < -0.39 is 42.0 Å². The molecule has 5 aromatic rings. The highest BCUT2D eigenvalue weighted by atomic mass is 19.4. The predicted octanol–water partition coefficient (Wildman–Crippen LogP) is 6.40. The molecule has 0 radical (unpaired) electrons. The van der Waals surface area contributed by atoms with Crippen LogP contribution in [0.5, 0.6) is 5.75 Å². The summed E-state index contributed by atoms with van der Waals surface area (Å²) in [5, 5.41) is 0. The van der Waals surface area contributed by atoms with E-state index in [4.69, 9.17) is 19.6 Å². The molecule has 0 fully saturated rings. The summed E-state index contributed by atoms with van der Waals surface area (Å²) in [6.07, 6.45) is -5.59. The number of nitrogens with zero attached hydrogens (tertiary/aromatic N) is 2. The monoisotopic (exact) mass is 589 g/mol. The van der Waals surface area contributed by atoms with Crippen LogP contribution in [0, 0.1) is 0 Å². The fourth-order valence-electron chi connectivity index (χ4n) is 4.88. The Balaban J connectivity index is 1.63. The highest BCUT2D eigenvalue weighted by molar-refractivity contribution is 5.65. The molecule has 8 nitrogen and oxygen atoms in total. The molecule has 0 saturated carbocycles. The van der Waals surface area contributed by atoms with E-state index in [1.807, 2.05) is 6.07 Å². The van der Waals surface area contributed by atoms with Gasteiger partial charge in [0.1, 0.15) is 18.4 Å². The minimum Gasteiger partial charge on any atom is -0.481 e. The zero-order valence-electron chi connectivity index (χ0n) is 22.6. The van der Waals surface area contributed by atoms with Gasteiger partial charge in [0.2, 0.25) is 16.9 Å². The van der Waals surface area contributed by atoms with Gasteiger partial charge >= 0.3 is 12.3 Å². The topological polar surface area (TPSA) is 110 Å².